The highest BCUT2D eigenvalue weighted by atomic mass is 19.1. The molecule has 1 aromatic rings. The Balaban J connectivity index is 1.78. The van der Waals surface area contributed by atoms with Gasteiger partial charge in [0.25, 0.3) is 0 Å². The molecule has 0 aromatic heterocycles. The van der Waals surface area contributed by atoms with Crippen LogP contribution in [0.2, 0.25) is 0 Å². The Kier molecular flexibility index (Phi) is 4.48. The van der Waals surface area contributed by atoms with Crippen molar-refractivity contribution in [3.05, 3.63) is 29.6 Å². The molecular weight excluding hydrogens is 263 g/mol. The lowest BCUT2D eigenvalue weighted by Crippen LogP contribution is -2.30. The van der Waals surface area contributed by atoms with Crippen molar-refractivity contribution in [1.82, 2.24) is 5.32 Å². The largest absolute Gasteiger partial charge is 0.371 e. The van der Waals surface area contributed by atoms with E-state index in [1.165, 1.54) is 31.4 Å². The minimum absolute atomic E-state index is 0.128. The quantitative estimate of drug-likeness (QED) is 0.780. The highest BCUT2D eigenvalue weighted by Gasteiger charge is 2.30. The van der Waals surface area contributed by atoms with Crippen molar-refractivity contribution >= 4 is 5.69 Å². The first-order chi connectivity index (χ1) is 10.1. The molecule has 2 aliphatic carbocycles. The summed E-state index contributed by atoms with van der Waals surface area (Å²) in [4.78, 5) is 2.52. The Hall–Kier alpha value is -1.09. The summed E-state index contributed by atoms with van der Waals surface area (Å²) in [6.07, 6.45) is 5.45. The normalized spacial score (nSPS) is 18.3. The molecule has 1 N–H and O–H groups in total. The van der Waals surface area contributed by atoms with Crippen molar-refractivity contribution in [1.29, 1.82) is 0 Å². The molecule has 0 spiro atoms. The van der Waals surface area contributed by atoms with E-state index in [0.717, 1.165) is 37.0 Å². The fourth-order valence-electron chi connectivity index (χ4n) is 2.81. The molecule has 1 aromatic carbocycles. The molecule has 2 nitrogen and oxygen atoms in total. The first-order valence-corrected chi connectivity index (χ1v) is 8.38. The van der Waals surface area contributed by atoms with Gasteiger partial charge in [-0.05, 0) is 61.3 Å². The zero-order valence-corrected chi connectivity index (χ0v) is 13.2. The minimum Gasteiger partial charge on any atom is -0.371 e. The predicted octanol–water partition coefficient (Wildman–Crippen LogP) is 3.95. The molecule has 0 aliphatic heterocycles. The third kappa shape index (κ3) is 4.44. The first kappa shape index (κ1) is 14.8. The Morgan fingerprint density at radius 3 is 2.29 bits per heavy atom. The summed E-state index contributed by atoms with van der Waals surface area (Å²) < 4.78 is 13.6. The fourth-order valence-corrected chi connectivity index (χ4v) is 2.81. The van der Waals surface area contributed by atoms with Gasteiger partial charge in [0.15, 0.2) is 0 Å². The van der Waals surface area contributed by atoms with E-state index in [1.54, 1.807) is 12.1 Å². The molecule has 0 heterocycles. The van der Waals surface area contributed by atoms with E-state index >= 15 is 0 Å². The Labute approximate surface area is 127 Å². The molecule has 0 amide bonds. The zero-order valence-electron chi connectivity index (χ0n) is 13.2. The smallest absolute Gasteiger partial charge is 0.123 e. The Morgan fingerprint density at radius 2 is 1.76 bits per heavy atom. The van der Waals surface area contributed by atoms with Crippen LogP contribution in [0, 0.1) is 17.7 Å². The van der Waals surface area contributed by atoms with Crippen LogP contribution in [0.4, 0.5) is 10.1 Å². The van der Waals surface area contributed by atoms with Crippen LogP contribution >= 0.6 is 0 Å². The minimum atomic E-state index is -0.128. The van der Waals surface area contributed by atoms with Gasteiger partial charge in [-0.25, -0.2) is 4.39 Å². The van der Waals surface area contributed by atoms with E-state index in [1.807, 2.05) is 6.07 Å². The van der Waals surface area contributed by atoms with Gasteiger partial charge in [-0.3, -0.25) is 0 Å². The summed E-state index contributed by atoms with van der Waals surface area (Å²) in [5.41, 5.74) is 2.34. The maximum absolute atomic E-state index is 13.6. The van der Waals surface area contributed by atoms with Crippen molar-refractivity contribution in [3.8, 4) is 0 Å². The van der Waals surface area contributed by atoms with Crippen LogP contribution in [0.3, 0.4) is 0 Å². The van der Waals surface area contributed by atoms with Crippen molar-refractivity contribution in [3.63, 3.8) is 0 Å². The molecule has 0 radical (unpaired) electrons. The fraction of sp³-hybridized carbons (Fsp3) is 0.667. The van der Waals surface area contributed by atoms with Gasteiger partial charge in [-0.15, -0.1) is 0 Å². The lowest BCUT2D eigenvalue weighted by Gasteiger charge is -2.28. The molecule has 2 aliphatic rings. The number of halogens is 1. The second-order valence-electron chi connectivity index (χ2n) is 7.10. The molecule has 3 heteroatoms. The molecule has 0 saturated heterocycles. The van der Waals surface area contributed by atoms with Crippen molar-refractivity contribution in [2.45, 2.75) is 52.1 Å². The van der Waals surface area contributed by atoms with Gasteiger partial charge in [-0.1, -0.05) is 13.8 Å². The number of hydrogen-bond donors (Lipinski definition) is 1. The van der Waals surface area contributed by atoms with Gasteiger partial charge in [-0.2, -0.15) is 0 Å². The van der Waals surface area contributed by atoms with Crippen LogP contribution in [-0.4, -0.2) is 19.1 Å². The van der Waals surface area contributed by atoms with Crippen LogP contribution in [0.5, 0.6) is 0 Å². The summed E-state index contributed by atoms with van der Waals surface area (Å²) in [5, 5.41) is 3.43. The number of hydrogen-bond acceptors (Lipinski definition) is 2. The zero-order chi connectivity index (χ0) is 14.8. The highest BCUT2D eigenvalue weighted by molar-refractivity contribution is 5.54. The average Bonchev–Trinajstić information content (AvgIpc) is 3.31. The van der Waals surface area contributed by atoms with Gasteiger partial charge in [0, 0.05) is 31.4 Å². The summed E-state index contributed by atoms with van der Waals surface area (Å²) in [7, 11) is 0. The van der Waals surface area contributed by atoms with Crippen molar-refractivity contribution in [2.75, 3.05) is 18.0 Å². The molecule has 21 heavy (non-hydrogen) atoms. The summed E-state index contributed by atoms with van der Waals surface area (Å²) in [5.74, 6) is 1.59. The van der Waals surface area contributed by atoms with Crippen LogP contribution < -0.4 is 10.2 Å². The Morgan fingerprint density at radius 1 is 1.14 bits per heavy atom. The second kappa shape index (κ2) is 6.35. The predicted molar refractivity (Wildman–Crippen MR) is 86.0 cm³/mol. The number of nitrogens with one attached hydrogen (secondary N) is 1. The maximum Gasteiger partial charge on any atom is 0.123 e. The van der Waals surface area contributed by atoms with Gasteiger partial charge in [0.2, 0.25) is 0 Å². The van der Waals surface area contributed by atoms with Crippen LogP contribution in [0.25, 0.3) is 0 Å². The number of rotatable bonds is 8. The molecule has 0 atom stereocenters. The highest BCUT2D eigenvalue weighted by Crippen LogP contribution is 2.36. The molecule has 2 fully saturated rings. The third-order valence-electron chi connectivity index (χ3n) is 4.43. The van der Waals surface area contributed by atoms with Gasteiger partial charge in [0.1, 0.15) is 5.82 Å². The lowest BCUT2D eigenvalue weighted by molar-refractivity contribution is 0.578. The number of benzene rings is 1. The average molecular weight is 290 g/mol. The summed E-state index contributed by atoms with van der Waals surface area (Å²) in [6.45, 7) is 7.31. The molecule has 0 bridgehead atoms. The number of nitrogens with zero attached hydrogens (tertiary/aromatic N) is 1. The van der Waals surface area contributed by atoms with Crippen LogP contribution in [0.1, 0.15) is 45.1 Å². The van der Waals surface area contributed by atoms with E-state index in [0.29, 0.717) is 6.04 Å². The molecule has 3 rings (SSSR count). The number of anilines is 1. The first-order valence-electron chi connectivity index (χ1n) is 8.38. The maximum atomic E-state index is 13.6. The van der Waals surface area contributed by atoms with Gasteiger partial charge in [0.05, 0.1) is 0 Å². The molecular formula is C18H27FN2. The molecule has 116 valence electrons. The second-order valence-corrected chi connectivity index (χ2v) is 7.10. The monoisotopic (exact) mass is 290 g/mol. The third-order valence-corrected chi connectivity index (χ3v) is 4.43. The van der Waals surface area contributed by atoms with E-state index in [4.69, 9.17) is 0 Å². The van der Waals surface area contributed by atoms with Crippen molar-refractivity contribution in [2.24, 2.45) is 11.8 Å². The van der Waals surface area contributed by atoms with Crippen LogP contribution in [-0.2, 0) is 6.54 Å². The summed E-state index contributed by atoms with van der Waals surface area (Å²) >= 11 is 0. The van der Waals surface area contributed by atoms with Crippen molar-refractivity contribution < 1.29 is 4.39 Å². The SMILES string of the molecule is CC(C)NCc1cc(F)ccc1N(CC1CC1)CC1CC1. The van der Waals surface area contributed by atoms with Gasteiger partial charge < -0.3 is 10.2 Å². The van der Waals surface area contributed by atoms with Crippen LogP contribution in [0.15, 0.2) is 18.2 Å². The van der Waals surface area contributed by atoms with E-state index in [-0.39, 0.29) is 5.82 Å². The summed E-state index contributed by atoms with van der Waals surface area (Å²) in [6, 6.07) is 5.72. The van der Waals surface area contributed by atoms with E-state index in [9.17, 15) is 4.39 Å². The van der Waals surface area contributed by atoms with Gasteiger partial charge >= 0.3 is 0 Å². The van der Waals surface area contributed by atoms with E-state index < -0.39 is 0 Å². The molecule has 0 unspecified atom stereocenters. The van der Waals surface area contributed by atoms with E-state index in [2.05, 4.69) is 24.1 Å². The standard InChI is InChI=1S/C18H27FN2/c1-13(2)20-10-16-9-17(19)7-8-18(16)21(11-14-3-4-14)12-15-5-6-15/h7-9,13-15,20H,3-6,10-12H2,1-2H3. The Bertz CT molecular complexity index is 464. The molecule has 2 saturated carbocycles. The topological polar surface area (TPSA) is 15.3 Å². The lowest BCUT2D eigenvalue weighted by atomic mass is 10.1.